The van der Waals surface area contributed by atoms with Crippen LogP contribution in [0.2, 0.25) is 0 Å². The number of anilines is 2. The van der Waals surface area contributed by atoms with E-state index in [1.807, 2.05) is 24.0 Å². The Morgan fingerprint density at radius 2 is 1.52 bits per heavy atom. The van der Waals surface area contributed by atoms with Crippen LogP contribution in [0.3, 0.4) is 0 Å². The first-order chi connectivity index (χ1) is 11.0. The number of nitrogens with one attached hydrogen (secondary N) is 1. The molecule has 0 radical (unpaired) electrons. The average Bonchev–Trinajstić information content (AvgIpc) is 2.54. The van der Waals surface area contributed by atoms with Gasteiger partial charge in [0.1, 0.15) is 12.1 Å². The third-order valence-corrected chi connectivity index (χ3v) is 4.58. The molecule has 1 aromatic heterocycles. The van der Waals surface area contributed by atoms with Gasteiger partial charge in [-0.2, -0.15) is 0 Å². The van der Waals surface area contributed by atoms with E-state index in [1.54, 1.807) is 6.33 Å². The summed E-state index contributed by atoms with van der Waals surface area (Å²) in [7, 11) is 0. The van der Waals surface area contributed by atoms with Crippen LogP contribution in [0.1, 0.15) is 11.1 Å². The Kier molecular flexibility index (Phi) is 10.4. The maximum atomic E-state index is 4.38. The molecule has 0 aliphatic carbocycles. The lowest BCUT2D eigenvalue weighted by atomic mass is 10.1. The fourth-order valence-electron chi connectivity index (χ4n) is 2.13. The number of aromatic nitrogens is 2. The van der Waals surface area contributed by atoms with Gasteiger partial charge in [-0.25, -0.2) is 9.97 Å². The Labute approximate surface area is 172 Å². The Bertz CT molecular complexity index is 845. The molecular formula is C17H20Br3N3O2. The van der Waals surface area contributed by atoms with Crippen molar-refractivity contribution < 1.29 is 11.0 Å². The zero-order valence-corrected chi connectivity index (χ0v) is 18.8. The summed E-state index contributed by atoms with van der Waals surface area (Å²) >= 11 is 9.95. The first-order valence-corrected chi connectivity index (χ1v) is 10.0. The lowest BCUT2D eigenvalue weighted by Crippen LogP contribution is -1.97. The molecule has 5 nitrogen and oxygen atoms in total. The van der Waals surface area contributed by atoms with Crippen molar-refractivity contribution in [3.63, 3.8) is 0 Å². The van der Waals surface area contributed by atoms with E-state index < -0.39 is 0 Å². The molecule has 8 heteroatoms. The van der Waals surface area contributed by atoms with Crippen LogP contribution in [0, 0.1) is 13.8 Å². The van der Waals surface area contributed by atoms with E-state index >= 15 is 0 Å². The van der Waals surface area contributed by atoms with Crippen molar-refractivity contribution in [1.29, 1.82) is 0 Å². The Morgan fingerprint density at radius 1 is 0.880 bits per heavy atom. The Morgan fingerprint density at radius 3 is 2.16 bits per heavy atom. The van der Waals surface area contributed by atoms with Crippen molar-refractivity contribution in [2.24, 2.45) is 0 Å². The molecule has 0 bridgehead atoms. The highest BCUT2D eigenvalue weighted by Crippen LogP contribution is 2.31. The number of alkyl halides is 1. The summed E-state index contributed by atoms with van der Waals surface area (Å²) in [5, 5.41) is 4.39. The van der Waals surface area contributed by atoms with E-state index in [-0.39, 0.29) is 11.0 Å². The molecule has 0 unspecified atom stereocenters. The molecule has 3 rings (SSSR count). The van der Waals surface area contributed by atoms with Crippen molar-refractivity contribution in [1.82, 2.24) is 9.97 Å². The monoisotopic (exact) mass is 535 g/mol. The molecule has 136 valence electrons. The topological polar surface area (TPSA) is 101 Å². The number of nitrogens with zero attached hydrogens (tertiary/aromatic N) is 2. The average molecular weight is 538 g/mol. The molecule has 0 aliphatic heterocycles. The van der Waals surface area contributed by atoms with Crippen LogP contribution in [0.5, 0.6) is 0 Å². The maximum Gasteiger partial charge on any atom is 0.141 e. The summed E-state index contributed by atoms with van der Waals surface area (Å²) in [6.45, 7) is 4.19. The van der Waals surface area contributed by atoms with E-state index in [0.717, 1.165) is 31.4 Å². The quantitative estimate of drug-likeness (QED) is 0.471. The normalized spacial score (nSPS) is 9.36. The molecule has 0 aliphatic rings. The van der Waals surface area contributed by atoms with E-state index in [0.29, 0.717) is 0 Å². The molecule has 0 saturated heterocycles. The molecule has 0 amide bonds. The van der Waals surface area contributed by atoms with E-state index in [2.05, 4.69) is 89.1 Å². The minimum Gasteiger partial charge on any atom is -0.412 e. The van der Waals surface area contributed by atoms with Crippen LogP contribution in [-0.4, -0.2) is 26.8 Å². The van der Waals surface area contributed by atoms with Gasteiger partial charge in [0.05, 0.1) is 11.2 Å². The highest BCUT2D eigenvalue weighted by molar-refractivity contribution is 9.11. The first-order valence-electron chi connectivity index (χ1n) is 6.86. The van der Waals surface area contributed by atoms with Gasteiger partial charge in [-0.05, 0) is 77.1 Å². The predicted molar refractivity (Wildman–Crippen MR) is 116 cm³/mol. The second-order valence-electron chi connectivity index (χ2n) is 4.93. The van der Waals surface area contributed by atoms with Crippen LogP contribution < -0.4 is 5.32 Å². The predicted octanol–water partition coefficient (Wildman–Crippen LogP) is 4.88. The van der Waals surface area contributed by atoms with Gasteiger partial charge in [0.15, 0.2) is 0 Å². The van der Waals surface area contributed by atoms with Gasteiger partial charge in [0, 0.05) is 14.3 Å². The lowest BCUT2D eigenvalue weighted by molar-refractivity contribution is 0.823. The van der Waals surface area contributed by atoms with Gasteiger partial charge in [-0.1, -0.05) is 31.9 Å². The number of halogens is 3. The SMILES string of the molecule is CBr.Cc1cc2ncnc(Nc3ccc(Br)cc3Br)c2cc1C.O.O. The van der Waals surface area contributed by atoms with Crippen LogP contribution in [0.25, 0.3) is 10.9 Å². The molecule has 0 saturated carbocycles. The molecule has 0 fully saturated rings. The van der Waals surface area contributed by atoms with Gasteiger partial charge in [0.25, 0.3) is 0 Å². The van der Waals surface area contributed by atoms with Gasteiger partial charge in [0.2, 0.25) is 0 Å². The smallest absolute Gasteiger partial charge is 0.141 e. The zero-order valence-electron chi connectivity index (χ0n) is 14.0. The van der Waals surface area contributed by atoms with Crippen LogP contribution in [0.15, 0.2) is 45.6 Å². The highest BCUT2D eigenvalue weighted by Gasteiger charge is 2.08. The number of aryl methyl sites for hydroxylation is 2. The first kappa shape index (κ1) is 23.9. The van der Waals surface area contributed by atoms with Gasteiger partial charge >= 0.3 is 0 Å². The second-order valence-corrected chi connectivity index (χ2v) is 6.70. The zero-order chi connectivity index (χ0) is 17.0. The summed E-state index contributed by atoms with van der Waals surface area (Å²) in [6, 6.07) is 10.2. The van der Waals surface area contributed by atoms with E-state index in [9.17, 15) is 0 Å². The molecule has 25 heavy (non-hydrogen) atoms. The highest BCUT2D eigenvalue weighted by atomic mass is 79.9. The summed E-state index contributed by atoms with van der Waals surface area (Å²) in [5.74, 6) is 2.62. The fourth-order valence-corrected chi connectivity index (χ4v) is 3.28. The van der Waals surface area contributed by atoms with Gasteiger partial charge < -0.3 is 16.3 Å². The second kappa shape index (κ2) is 10.8. The van der Waals surface area contributed by atoms with E-state index in [1.165, 1.54) is 11.1 Å². The molecule has 1 heterocycles. The summed E-state index contributed by atoms with van der Waals surface area (Å²) in [5.41, 5.74) is 4.38. The molecule has 0 spiro atoms. The Hall–Kier alpha value is -1.06. The van der Waals surface area contributed by atoms with Crippen molar-refractivity contribution in [3.8, 4) is 0 Å². The van der Waals surface area contributed by atoms with E-state index in [4.69, 9.17) is 0 Å². The third-order valence-electron chi connectivity index (χ3n) is 3.44. The maximum absolute atomic E-state index is 4.38. The number of hydrogen-bond donors (Lipinski definition) is 1. The van der Waals surface area contributed by atoms with Crippen LogP contribution in [0.4, 0.5) is 11.5 Å². The molecule has 2 aromatic carbocycles. The van der Waals surface area contributed by atoms with Crippen LogP contribution in [-0.2, 0) is 0 Å². The third kappa shape index (κ3) is 5.72. The largest absolute Gasteiger partial charge is 0.412 e. The lowest BCUT2D eigenvalue weighted by Gasteiger charge is -2.11. The summed E-state index contributed by atoms with van der Waals surface area (Å²) in [4.78, 5) is 8.73. The molecule has 0 atom stereocenters. The fraction of sp³-hybridized carbons (Fsp3) is 0.176. The minimum absolute atomic E-state index is 0. The molecule has 5 N–H and O–H groups in total. The molecular weight excluding hydrogens is 518 g/mol. The van der Waals surface area contributed by atoms with Crippen LogP contribution >= 0.6 is 47.8 Å². The standard InChI is InChI=1S/C16H13Br2N3.CH3Br.2H2O/c1-9-5-12-15(6-10(9)2)19-8-20-16(12)21-14-4-3-11(17)7-13(14)18;1-2;;/h3-8H,1-2H3,(H,19,20,21);1H3;2*1H2. The van der Waals surface area contributed by atoms with Crippen molar-refractivity contribution in [2.75, 3.05) is 11.1 Å². The van der Waals surface area contributed by atoms with Gasteiger partial charge in [-0.3, -0.25) is 0 Å². The van der Waals surface area contributed by atoms with Gasteiger partial charge in [-0.15, -0.1) is 0 Å². The Balaban J connectivity index is 0.00000139. The number of rotatable bonds is 2. The summed E-state index contributed by atoms with van der Waals surface area (Å²) < 4.78 is 2.01. The molecule has 3 aromatic rings. The van der Waals surface area contributed by atoms with Crippen molar-refractivity contribution >= 4 is 70.2 Å². The minimum atomic E-state index is 0. The number of hydrogen-bond acceptors (Lipinski definition) is 3. The van der Waals surface area contributed by atoms with Crippen molar-refractivity contribution in [3.05, 3.63) is 56.7 Å². The number of fused-ring (bicyclic) bond motifs is 1. The van der Waals surface area contributed by atoms with Crippen molar-refractivity contribution in [2.45, 2.75) is 13.8 Å². The number of benzene rings is 2. The summed E-state index contributed by atoms with van der Waals surface area (Å²) in [6.07, 6.45) is 1.59.